The summed E-state index contributed by atoms with van der Waals surface area (Å²) in [5.74, 6) is 0. The molecule has 0 saturated heterocycles. The van der Waals surface area contributed by atoms with Crippen LogP contribution in [-0.4, -0.2) is 10.5 Å². The smallest absolute Gasteiger partial charge is 1.00 e. The fourth-order valence-corrected chi connectivity index (χ4v) is 0. The largest absolute Gasteiger partial charge is 1.00 e. The van der Waals surface area contributed by atoms with E-state index in [0.717, 1.165) is 0 Å². The minimum atomic E-state index is -0.639. The maximum absolute atomic E-state index is 9.09. The zero-order chi connectivity index (χ0) is 7.15. The van der Waals surface area contributed by atoms with Crippen LogP contribution < -0.4 is 30.3 Å². The topological polar surface area (TPSA) is 86.2 Å². The molecular weight excluding hydrogens is 155 g/mol. The predicted molar refractivity (Wildman–Crippen MR) is 38.3 cm³/mol. The van der Waals surface area contributed by atoms with Gasteiger partial charge in [0.15, 0.2) is 0 Å². The van der Waals surface area contributed by atoms with E-state index in [9.17, 15) is 0 Å². The molecule has 0 saturated carbocycles. The molecule has 50 valence electrons. The van der Waals surface area contributed by atoms with Crippen molar-refractivity contribution < 1.29 is 29.9 Å². The van der Waals surface area contributed by atoms with Crippen LogP contribution in [0.25, 0.3) is 0 Å². The number of primary amides is 2. The fraction of sp³-hybridized carbons (Fsp3) is 0. The molecule has 7 heteroatoms. The van der Waals surface area contributed by atoms with Crippen molar-refractivity contribution in [3.05, 3.63) is 0 Å². The molecule has 0 aromatic heterocycles. The molecule has 0 aliphatic heterocycles. The van der Waals surface area contributed by atoms with E-state index in [1.165, 1.54) is 0 Å². The van der Waals surface area contributed by atoms with Gasteiger partial charge in [-0.3, -0.25) is 9.59 Å². The third-order valence-electron chi connectivity index (χ3n) is 0. The molecule has 0 aromatic carbocycles. The monoisotopic (exact) mass is 162 g/mol. The molecule has 0 aliphatic carbocycles. The zero-order valence-electron chi connectivity index (χ0n) is 5.87. The van der Waals surface area contributed by atoms with Crippen LogP contribution in [-0.2, 0) is 0 Å². The quantitative estimate of drug-likeness (QED) is 0.227. The van der Waals surface area contributed by atoms with E-state index in [-0.39, 0.29) is 20.3 Å². The first-order valence-electron chi connectivity index (χ1n) is 1.43. The first-order valence-corrected chi connectivity index (χ1v) is 2.33. The molecule has 9 heavy (non-hydrogen) atoms. The molecule has 0 aromatic rings. The van der Waals surface area contributed by atoms with E-state index in [1.54, 1.807) is 0 Å². The number of carbonyl (C=O) groups is 2. The van der Waals surface area contributed by atoms with Crippen LogP contribution in [0.1, 0.15) is 1.43 Å². The summed E-state index contributed by atoms with van der Waals surface area (Å²) in [6.45, 7) is 0. The van der Waals surface area contributed by atoms with Gasteiger partial charge in [-0.25, -0.2) is 0 Å². The van der Waals surface area contributed by atoms with Gasteiger partial charge in [-0.2, -0.15) is 0 Å². The molecule has 0 heterocycles. The summed E-state index contributed by atoms with van der Waals surface area (Å²) in [6.07, 6.45) is 0. The van der Waals surface area contributed by atoms with Crippen LogP contribution in [0, 0.1) is 0 Å². The number of hydrogen-bond donors (Lipinski definition) is 4. The maximum Gasteiger partial charge on any atom is 1.00 e. The average molecular weight is 162 g/mol. The van der Waals surface area contributed by atoms with E-state index in [0.29, 0.717) is 0 Å². The standard InChI is InChI=1S/2CH3NOS.Li.H/c2*2-1(3)4;;/h2*(H3,2,3,4);;/q;;+1;-1. The minimum Gasteiger partial charge on any atom is -1.00 e. The second-order valence-electron chi connectivity index (χ2n) is 0.676. The number of thiol groups is 2. The van der Waals surface area contributed by atoms with Crippen molar-refractivity contribution >= 4 is 35.7 Å². The summed E-state index contributed by atoms with van der Waals surface area (Å²) < 4.78 is 0. The second kappa shape index (κ2) is 11.1. The van der Waals surface area contributed by atoms with E-state index in [1.807, 2.05) is 0 Å². The SMILES string of the molecule is NC(=O)S.NC(=O)S.[H-].[Li+]. The Morgan fingerprint density at radius 3 is 1.11 bits per heavy atom. The van der Waals surface area contributed by atoms with Crippen LogP contribution in [0.2, 0.25) is 0 Å². The second-order valence-corrected chi connectivity index (χ2v) is 1.56. The molecular formula is C2H7LiN2O2S2. The molecule has 0 fully saturated rings. The van der Waals surface area contributed by atoms with E-state index >= 15 is 0 Å². The van der Waals surface area contributed by atoms with Gasteiger partial charge < -0.3 is 12.9 Å². The van der Waals surface area contributed by atoms with Gasteiger partial charge in [-0.1, -0.05) is 25.3 Å². The van der Waals surface area contributed by atoms with Gasteiger partial charge in [0.25, 0.3) is 10.5 Å². The van der Waals surface area contributed by atoms with Crippen molar-refractivity contribution in [1.29, 1.82) is 0 Å². The van der Waals surface area contributed by atoms with Gasteiger partial charge in [0.1, 0.15) is 0 Å². The van der Waals surface area contributed by atoms with Crippen LogP contribution in [0.3, 0.4) is 0 Å². The van der Waals surface area contributed by atoms with E-state index in [2.05, 4.69) is 36.7 Å². The Morgan fingerprint density at radius 2 is 1.11 bits per heavy atom. The molecule has 4 N–H and O–H groups in total. The normalized spacial score (nSPS) is 5.56. The first kappa shape index (κ1) is 16.1. The van der Waals surface area contributed by atoms with E-state index < -0.39 is 10.5 Å². The Balaban J connectivity index is -0.0000000300. The third kappa shape index (κ3) is 5690. The maximum atomic E-state index is 9.09. The van der Waals surface area contributed by atoms with Crippen molar-refractivity contribution in [2.45, 2.75) is 0 Å². The van der Waals surface area contributed by atoms with Gasteiger partial charge in [-0.05, 0) is 0 Å². The van der Waals surface area contributed by atoms with Crippen LogP contribution in [0.5, 0.6) is 0 Å². The Bertz CT molecular complexity index is 83.3. The minimum absolute atomic E-state index is 0. The predicted octanol–water partition coefficient (Wildman–Crippen LogP) is -2.89. The van der Waals surface area contributed by atoms with Crippen molar-refractivity contribution in [2.24, 2.45) is 11.5 Å². The molecule has 0 unspecified atom stereocenters. The molecule has 0 spiro atoms. The van der Waals surface area contributed by atoms with Crippen LogP contribution in [0.4, 0.5) is 9.59 Å². The van der Waals surface area contributed by atoms with Gasteiger partial charge in [0, 0.05) is 0 Å². The van der Waals surface area contributed by atoms with Crippen molar-refractivity contribution in [1.82, 2.24) is 0 Å². The summed E-state index contributed by atoms with van der Waals surface area (Å²) in [7, 11) is 0. The number of hydrogen-bond acceptors (Lipinski definition) is 2. The average Bonchev–Trinajstić information content (AvgIpc) is 1.25. The van der Waals surface area contributed by atoms with Crippen molar-refractivity contribution in [3.8, 4) is 0 Å². The summed E-state index contributed by atoms with van der Waals surface area (Å²) >= 11 is 6.21. The van der Waals surface area contributed by atoms with Gasteiger partial charge in [0.05, 0.1) is 0 Å². The summed E-state index contributed by atoms with van der Waals surface area (Å²) in [6, 6.07) is 0. The molecule has 0 radical (unpaired) electrons. The summed E-state index contributed by atoms with van der Waals surface area (Å²) in [4.78, 5) is 18.2. The number of rotatable bonds is 0. The summed E-state index contributed by atoms with van der Waals surface area (Å²) in [5, 5.41) is -1.28. The van der Waals surface area contributed by atoms with Crippen LogP contribution >= 0.6 is 25.3 Å². The Labute approximate surface area is 77.2 Å². The molecule has 0 aliphatic rings. The fourth-order valence-electron chi connectivity index (χ4n) is 0. The van der Waals surface area contributed by atoms with Gasteiger partial charge >= 0.3 is 18.9 Å². The zero-order valence-corrected chi connectivity index (χ0v) is 6.65. The van der Waals surface area contributed by atoms with Gasteiger partial charge in [0.2, 0.25) is 0 Å². The number of nitrogens with two attached hydrogens (primary N) is 2. The summed E-state index contributed by atoms with van der Waals surface area (Å²) in [5.41, 5.74) is 8.67. The van der Waals surface area contributed by atoms with Crippen molar-refractivity contribution in [3.63, 3.8) is 0 Å². The first-order chi connectivity index (χ1) is 3.46. The Hall–Kier alpha value is 0.237. The van der Waals surface area contributed by atoms with Crippen molar-refractivity contribution in [2.75, 3.05) is 0 Å². The van der Waals surface area contributed by atoms with Crippen LogP contribution in [0.15, 0.2) is 0 Å². The Kier molecular flexibility index (Phi) is 19.9. The number of amides is 2. The van der Waals surface area contributed by atoms with Gasteiger partial charge in [-0.15, -0.1) is 0 Å². The Morgan fingerprint density at radius 1 is 1.11 bits per heavy atom. The van der Waals surface area contributed by atoms with E-state index in [4.69, 9.17) is 9.59 Å². The molecule has 0 bridgehead atoms. The number of carbonyl (C=O) groups excluding carboxylic acids is 2. The molecule has 0 atom stereocenters. The molecule has 2 amide bonds. The molecule has 0 rings (SSSR count). The third-order valence-corrected chi connectivity index (χ3v) is 0. The molecule has 4 nitrogen and oxygen atoms in total.